The molecule has 2 nitrogen and oxygen atoms in total. The summed E-state index contributed by atoms with van der Waals surface area (Å²) in [7, 11) is 1.98. The smallest absolute Gasteiger partial charge is 0.224 e. The van der Waals surface area contributed by atoms with Crippen molar-refractivity contribution in [3.8, 4) is 0 Å². The highest BCUT2D eigenvalue weighted by atomic mass is 16.1. The van der Waals surface area contributed by atoms with Gasteiger partial charge in [-0.1, -0.05) is 30.6 Å². The van der Waals surface area contributed by atoms with Crippen LogP contribution in [0.2, 0.25) is 0 Å². The molecule has 1 rings (SSSR count). The molecule has 1 aromatic rings. The Labute approximate surface area is 73.4 Å². The summed E-state index contributed by atoms with van der Waals surface area (Å²) >= 11 is 0. The molecule has 0 unspecified atom stereocenters. The van der Waals surface area contributed by atoms with Crippen LogP contribution in [0.5, 0.6) is 0 Å². The van der Waals surface area contributed by atoms with E-state index >= 15 is 0 Å². The van der Waals surface area contributed by atoms with Crippen molar-refractivity contribution < 1.29 is 4.79 Å². The molecule has 0 radical (unpaired) electrons. The molecule has 3 heteroatoms. The van der Waals surface area contributed by atoms with Gasteiger partial charge >= 0.3 is 0 Å². The van der Waals surface area contributed by atoms with Gasteiger partial charge in [-0.2, -0.15) is 0 Å². The molecule has 12 heavy (non-hydrogen) atoms. The summed E-state index contributed by atoms with van der Waals surface area (Å²) in [4.78, 5) is 11.0. The molecule has 0 atom stereocenters. The number of hydrogen-bond acceptors (Lipinski definition) is 1. The monoisotopic (exact) mass is 161 g/mol. The zero-order valence-electron chi connectivity index (χ0n) is 7.42. The largest absolute Gasteiger partial charge is 0.327 e. The number of nitrogens with one attached hydrogen (secondary N) is 1. The number of anilines is 1. The molecular weight excluding hydrogens is 149 g/mol. The first kappa shape index (κ1) is 8.85. The minimum Gasteiger partial charge on any atom is -0.327 e. The Morgan fingerprint density at radius 3 is 2.75 bits per heavy atom. The Bertz CT molecular complexity index is 286. The Morgan fingerprint density at radius 2 is 2.17 bits per heavy atom. The zero-order chi connectivity index (χ0) is 8.97. The second kappa shape index (κ2) is 3.95. The SMILES string of the molecule is Bc1ccccc1NC(=O)CC. The van der Waals surface area contributed by atoms with Crippen molar-refractivity contribution in [2.75, 3.05) is 5.32 Å². The van der Waals surface area contributed by atoms with E-state index in [-0.39, 0.29) is 5.91 Å². The van der Waals surface area contributed by atoms with E-state index < -0.39 is 0 Å². The lowest BCUT2D eigenvalue weighted by atomic mass is 9.94. The standard InChI is InChI=1S/C9H12BNO/c1-2-9(12)11-8-6-4-3-5-7(8)10/h3-6H,2,10H2,1H3,(H,11,12). The van der Waals surface area contributed by atoms with Crippen molar-refractivity contribution >= 4 is 24.9 Å². The molecule has 0 spiro atoms. The second-order valence-electron chi connectivity index (χ2n) is 2.72. The molecule has 0 aliphatic rings. The second-order valence-corrected chi connectivity index (χ2v) is 2.72. The Kier molecular flexibility index (Phi) is 2.91. The predicted octanol–water partition coefficient (Wildman–Crippen LogP) is 0.293. The summed E-state index contributed by atoms with van der Waals surface area (Å²) in [6.07, 6.45) is 0.522. The van der Waals surface area contributed by atoms with Crippen molar-refractivity contribution in [3.63, 3.8) is 0 Å². The lowest BCUT2D eigenvalue weighted by Gasteiger charge is -2.05. The van der Waals surface area contributed by atoms with Gasteiger partial charge in [-0.25, -0.2) is 0 Å². The first-order valence-corrected chi connectivity index (χ1v) is 4.09. The van der Waals surface area contributed by atoms with E-state index in [4.69, 9.17) is 0 Å². The maximum absolute atomic E-state index is 11.0. The number of carbonyl (C=O) groups is 1. The number of para-hydroxylation sites is 1. The number of hydrogen-bond donors (Lipinski definition) is 1. The van der Waals surface area contributed by atoms with Crippen LogP contribution in [0.25, 0.3) is 0 Å². The zero-order valence-corrected chi connectivity index (χ0v) is 7.42. The average molecular weight is 161 g/mol. The molecular formula is C9H12BNO. The molecule has 62 valence electrons. The lowest BCUT2D eigenvalue weighted by molar-refractivity contribution is -0.115. The van der Waals surface area contributed by atoms with Crippen LogP contribution in [-0.2, 0) is 4.79 Å². The van der Waals surface area contributed by atoms with Crippen molar-refractivity contribution in [1.29, 1.82) is 0 Å². The number of carbonyl (C=O) groups excluding carboxylic acids is 1. The van der Waals surface area contributed by atoms with Gasteiger partial charge in [0.1, 0.15) is 7.85 Å². The third-order valence-corrected chi connectivity index (χ3v) is 1.74. The van der Waals surface area contributed by atoms with E-state index in [9.17, 15) is 4.79 Å². The summed E-state index contributed by atoms with van der Waals surface area (Å²) in [5.41, 5.74) is 2.00. The fourth-order valence-corrected chi connectivity index (χ4v) is 0.952. The lowest BCUT2D eigenvalue weighted by Crippen LogP contribution is -2.17. The molecule has 1 aromatic carbocycles. The van der Waals surface area contributed by atoms with E-state index in [2.05, 4.69) is 5.32 Å². The third kappa shape index (κ3) is 2.12. The number of amides is 1. The number of rotatable bonds is 2. The van der Waals surface area contributed by atoms with Crippen LogP contribution in [0.4, 0.5) is 5.69 Å². The topological polar surface area (TPSA) is 29.1 Å². The van der Waals surface area contributed by atoms with Crippen LogP contribution in [0.3, 0.4) is 0 Å². The quantitative estimate of drug-likeness (QED) is 0.620. The van der Waals surface area contributed by atoms with Gasteiger partial charge in [-0.15, -0.1) is 0 Å². The van der Waals surface area contributed by atoms with Crippen LogP contribution in [0, 0.1) is 0 Å². The summed E-state index contributed by atoms with van der Waals surface area (Å²) in [5, 5.41) is 2.82. The first-order chi connectivity index (χ1) is 5.74. The van der Waals surface area contributed by atoms with Gasteiger partial charge in [0.2, 0.25) is 5.91 Å². The minimum atomic E-state index is 0.0595. The number of benzene rings is 1. The average Bonchev–Trinajstić information content (AvgIpc) is 2.09. The fraction of sp³-hybridized carbons (Fsp3) is 0.222. The molecule has 0 aromatic heterocycles. The van der Waals surface area contributed by atoms with Crippen LogP contribution in [0.1, 0.15) is 13.3 Å². The van der Waals surface area contributed by atoms with Gasteiger partial charge in [0, 0.05) is 12.1 Å². The van der Waals surface area contributed by atoms with Crippen molar-refractivity contribution in [2.45, 2.75) is 13.3 Å². The van der Waals surface area contributed by atoms with Gasteiger partial charge in [0.15, 0.2) is 0 Å². The summed E-state index contributed by atoms with van der Waals surface area (Å²) < 4.78 is 0. The third-order valence-electron chi connectivity index (χ3n) is 1.74. The van der Waals surface area contributed by atoms with E-state index in [1.807, 2.05) is 39.0 Å². The van der Waals surface area contributed by atoms with E-state index in [0.29, 0.717) is 6.42 Å². The van der Waals surface area contributed by atoms with Gasteiger partial charge in [-0.05, 0) is 6.07 Å². The van der Waals surface area contributed by atoms with E-state index in [0.717, 1.165) is 11.2 Å². The molecule has 0 heterocycles. The highest BCUT2D eigenvalue weighted by molar-refractivity contribution is 6.36. The van der Waals surface area contributed by atoms with Gasteiger partial charge in [0.25, 0.3) is 0 Å². The molecule has 0 bridgehead atoms. The first-order valence-electron chi connectivity index (χ1n) is 4.09. The van der Waals surface area contributed by atoms with E-state index in [1.165, 1.54) is 0 Å². The van der Waals surface area contributed by atoms with Crippen LogP contribution < -0.4 is 10.8 Å². The summed E-state index contributed by atoms with van der Waals surface area (Å²) in [5.74, 6) is 0.0595. The van der Waals surface area contributed by atoms with Crippen LogP contribution in [-0.4, -0.2) is 13.8 Å². The highest BCUT2D eigenvalue weighted by Gasteiger charge is 1.99. The molecule has 0 aliphatic heterocycles. The van der Waals surface area contributed by atoms with Crippen molar-refractivity contribution in [3.05, 3.63) is 24.3 Å². The molecule has 1 amide bonds. The van der Waals surface area contributed by atoms with Gasteiger partial charge in [-0.3, -0.25) is 4.79 Å². The Hall–Kier alpha value is -1.25. The predicted molar refractivity (Wildman–Crippen MR) is 53.5 cm³/mol. The maximum Gasteiger partial charge on any atom is 0.224 e. The Morgan fingerprint density at radius 1 is 1.50 bits per heavy atom. The molecule has 1 N–H and O–H groups in total. The Balaban J connectivity index is 2.75. The van der Waals surface area contributed by atoms with Crippen LogP contribution in [0.15, 0.2) is 24.3 Å². The minimum absolute atomic E-state index is 0.0595. The van der Waals surface area contributed by atoms with Gasteiger partial charge in [0.05, 0.1) is 0 Å². The van der Waals surface area contributed by atoms with Crippen LogP contribution >= 0.6 is 0 Å². The fourth-order valence-electron chi connectivity index (χ4n) is 0.952. The molecule has 0 saturated carbocycles. The molecule has 0 saturated heterocycles. The van der Waals surface area contributed by atoms with Crippen molar-refractivity contribution in [1.82, 2.24) is 0 Å². The summed E-state index contributed by atoms with van der Waals surface area (Å²) in [6.45, 7) is 1.84. The van der Waals surface area contributed by atoms with E-state index in [1.54, 1.807) is 0 Å². The molecule has 0 aliphatic carbocycles. The normalized spacial score (nSPS) is 9.42. The maximum atomic E-state index is 11.0. The molecule has 0 fully saturated rings. The van der Waals surface area contributed by atoms with Gasteiger partial charge < -0.3 is 5.32 Å². The summed E-state index contributed by atoms with van der Waals surface area (Å²) in [6, 6.07) is 7.75. The highest BCUT2D eigenvalue weighted by Crippen LogP contribution is 2.01. The van der Waals surface area contributed by atoms with Crippen molar-refractivity contribution in [2.24, 2.45) is 0 Å².